The molecule has 1 aliphatic heterocycles. The molecule has 3 nitrogen and oxygen atoms in total. The first-order chi connectivity index (χ1) is 4.01. The monoisotopic (exact) mass is 128 g/mol. The molecule has 1 rings (SSSR count). The number of hydrogen-bond donors (Lipinski definition) is 1. The van der Waals surface area contributed by atoms with Crippen LogP contribution in [0.2, 0.25) is 0 Å². The first kappa shape index (κ1) is 6.55. The molecule has 9 heavy (non-hydrogen) atoms. The normalized spacial score (nSPS) is 35.9. The molecule has 0 unspecified atom stereocenters. The second kappa shape index (κ2) is 1.70. The molecule has 1 amide bonds. The van der Waals surface area contributed by atoms with Gasteiger partial charge < -0.3 is 10.6 Å². The Labute approximate surface area is 54.8 Å². The van der Waals surface area contributed by atoms with Crippen molar-refractivity contribution in [3.63, 3.8) is 0 Å². The van der Waals surface area contributed by atoms with E-state index in [0.29, 0.717) is 13.0 Å². The molecule has 0 aromatic heterocycles. The smallest absolute Gasteiger partial charge is 0.224 e. The summed E-state index contributed by atoms with van der Waals surface area (Å²) in [6.45, 7) is 2.58. The van der Waals surface area contributed by atoms with E-state index in [1.165, 1.54) is 0 Å². The standard InChI is InChI=1S/C6H12N2O/c1-6(7)3-5(9)8(2)4-6/h3-4,7H2,1-2H3/t6-/m0/s1. The van der Waals surface area contributed by atoms with Crippen LogP contribution < -0.4 is 5.73 Å². The van der Waals surface area contributed by atoms with Gasteiger partial charge in [0.1, 0.15) is 0 Å². The lowest BCUT2D eigenvalue weighted by molar-refractivity contribution is -0.126. The third-order valence-corrected chi connectivity index (χ3v) is 1.58. The molecule has 1 aliphatic rings. The van der Waals surface area contributed by atoms with Gasteiger partial charge in [-0.2, -0.15) is 0 Å². The molecule has 52 valence electrons. The quantitative estimate of drug-likeness (QED) is 0.481. The van der Waals surface area contributed by atoms with Crippen molar-refractivity contribution in [3.8, 4) is 0 Å². The zero-order valence-corrected chi connectivity index (χ0v) is 5.85. The maximum absolute atomic E-state index is 10.8. The topological polar surface area (TPSA) is 46.3 Å². The number of hydrogen-bond acceptors (Lipinski definition) is 2. The van der Waals surface area contributed by atoms with Gasteiger partial charge in [-0.1, -0.05) is 0 Å². The van der Waals surface area contributed by atoms with Gasteiger partial charge in [0, 0.05) is 25.6 Å². The highest BCUT2D eigenvalue weighted by Crippen LogP contribution is 2.16. The summed E-state index contributed by atoms with van der Waals surface area (Å²) in [7, 11) is 1.78. The van der Waals surface area contributed by atoms with Crippen LogP contribution in [0.3, 0.4) is 0 Å². The van der Waals surface area contributed by atoms with E-state index in [9.17, 15) is 4.79 Å². The third kappa shape index (κ3) is 1.21. The first-order valence-corrected chi connectivity index (χ1v) is 3.04. The van der Waals surface area contributed by atoms with Crippen LogP contribution in [0.15, 0.2) is 0 Å². The van der Waals surface area contributed by atoms with Gasteiger partial charge in [-0.3, -0.25) is 4.79 Å². The Morgan fingerprint density at radius 3 is 2.44 bits per heavy atom. The average Bonchev–Trinajstić information content (AvgIpc) is 1.79. The third-order valence-electron chi connectivity index (χ3n) is 1.58. The maximum Gasteiger partial charge on any atom is 0.224 e. The fourth-order valence-electron chi connectivity index (χ4n) is 1.17. The molecule has 0 saturated carbocycles. The minimum absolute atomic E-state index is 0.153. The Hall–Kier alpha value is -0.570. The van der Waals surface area contributed by atoms with Crippen LogP contribution in [0.1, 0.15) is 13.3 Å². The van der Waals surface area contributed by atoms with Gasteiger partial charge in [0.05, 0.1) is 0 Å². The fraction of sp³-hybridized carbons (Fsp3) is 0.833. The highest BCUT2D eigenvalue weighted by Gasteiger charge is 2.33. The molecule has 1 heterocycles. The van der Waals surface area contributed by atoms with Crippen molar-refractivity contribution in [2.75, 3.05) is 13.6 Å². The molecule has 0 aromatic rings. The SMILES string of the molecule is CN1C[C@@](C)(N)CC1=O. The summed E-state index contributed by atoms with van der Waals surface area (Å²) in [6, 6.07) is 0. The van der Waals surface area contributed by atoms with Crippen LogP contribution >= 0.6 is 0 Å². The molecule has 0 radical (unpaired) electrons. The van der Waals surface area contributed by atoms with E-state index in [2.05, 4.69) is 0 Å². The Balaban J connectivity index is 2.65. The molecular weight excluding hydrogens is 116 g/mol. The van der Waals surface area contributed by atoms with Gasteiger partial charge in [-0.15, -0.1) is 0 Å². The summed E-state index contributed by atoms with van der Waals surface area (Å²) in [5, 5.41) is 0. The number of carbonyl (C=O) groups excluding carboxylic acids is 1. The second-order valence-corrected chi connectivity index (χ2v) is 3.08. The molecule has 1 atom stereocenters. The lowest BCUT2D eigenvalue weighted by Gasteiger charge is -2.14. The molecule has 1 saturated heterocycles. The van der Waals surface area contributed by atoms with Gasteiger partial charge in [0.2, 0.25) is 5.91 Å². The van der Waals surface area contributed by atoms with Crippen LogP contribution in [-0.2, 0) is 4.79 Å². The largest absolute Gasteiger partial charge is 0.344 e. The van der Waals surface area contributed by atoms with Crippen LogP contribution in [0.4, 0.5) is 0 Å². The van der Waals surface area contributed by atoms with Gasteiger partial charge >= 0.3 is 0 Å². The fourth-order valence-corrected chi connectivity index (χ4v) is 1.17. The lowest BCUT2D eigenvalue weighted by atomic mass is 10.0. The van der Waals surface area contributed by atoms with Crippen LogP contribution in [0, 0.1) is 0 Å². The van der Waals surface area contributed by atoms with Crippen molar-refractivity contribution in [1.82, 2.24) is 4.90 Å². The van der Waals surface area contributed by atoms with Crippen LogP contribution in [-0.4, -0.2) is 29.9 Å². The molecule has 0 bridgehead atoms. The summed E-state index contributed by atoms with van der Waals surface area (Å²) >= 11 is 0. The van der Waals surface area contributed by atoms with E-state index in [1.54, 1.807) is 11.9 Å². The lowest BCUT2D eigenvalue weighted by Crippen LogP contribution is -2.38. The second-order valence-electron chi connectivity index (χ2n) is 3.08. The van der Waals surface area contributed by atoms with E-state index in [0.717, 1.165) is 0 Å². The molecule has 3 heteroatoms. The van der Waals surface area contributed by atoms with Crippen LogP contribution in [0.5, 0.6) is 0 Å². The predicted molar refractivity (Wildman–Crippen MR) is 34.8 cm³/mol. The van der Waals surface area contributed by atoms with Crippen molar-refractivity contribution in [3.05, 3.63) is 0 Å². The van der Waals surface area contributed by atoms with E-state index in [4.69, 9.17) is 5.73 Å². The van der Waals surface area contributed by atoms with Crippen molar-refractivity contribution in [2.45, 2.75) is 18.9 Å². The van der Waals surface area contributed by atoms with E-state index >= 15 is 0 Å². The maximum atomic E-state index is 10.8. The average molecular weight is 128 g/mol. The number of amides is 1. The van der Waals surface area contributed by atoms with Crippen molar-refractivity contribution in [1.29, 1.82) is 0 Å². The summed E-state index contributed by atoms with van der Waals surface area (Å²) in [6.07, 6.45) is 0.490. The van der Waals surface area contributed by atoms with Gasteiger partial charge in [-0.25, -0.2) is 0 Å². The summed E-state index contributed by atoms with van der Waals surface area (Å²) in [5.41, 5.74) is 5.41. The highest BCUT2D eigenvalue weighted by atomic mass is 16.2. The highest BCUT2D eigenvalue weighted by molar-refractivity contribution is 5.79. The van der Waals surface area contributed by atoms with E-state index in [-0.39, 0.29) is 11.4 Å². The van der Waals surface area contributed by atoms with E-state index in [1.807, 2.05) is 6.92 Å². The Morgan fingerprint density at radius 1 is 1.78 bits per heavy atom. The molecule has 0 aromatic carbocycles. The van der Waals surface area contributed by atoms with Crippen molar-refractivity contribution >= 4 is 5.91 Å². The number of carbonyl (C=O) groups is 1. The molecule has 2 N–H and O–H groups in total. The number of likely N-dealkylation sites (tertiary alicyclic amines) is 1. The Morgan fingerprint density at radius 2 is 2.33 bits per heavy atom. The molecule has 0 spiro atoms. The minimum atomic E-state index is -0.286. The number of rotatable bonds is 0. The molecular formula is C6H12N2O. The summed E-state index contributed by atoms with van der Waals surface area (Å²) in [4.78, 5) is 12.5. The van der Waals surface area contributed by atoms with Crippen LogP contribution in [0.25, 0.3) is 0 Å². The zero-order chi connectivity index (χ0) is 7.07. The minimum Gasteiger partial charge on any atom is -0.344 e. The van der Waals surface area contributed by atoms with E-state index < -0.39 is 0 Å². The van der Waals surface area contributed by atoms with Gasteiger partial charge in [0.25, 0.3) is 0 Å². The van der Waals surface area contributed by atoms with Gasteiger partial charge in [0.15, 0.2) is 0 Å². The molecule has 1 fully saturated rings. The summed E-state index contributed by atoms with van der Waals surface area (Å²) < 4.78 is 0. The first-order valence-electron chi connectivity index (χ1n) is 3.04. The van der Waals surface area contributed by atoms with Gasteiger partial charge in [-0.05, 0) is 6.92 Å². The zero-order valence-electron chi connectivity index (χ0n) is 5.85. The number of nitrogens with zero attached hydrogens (tertiary/aromatic N) is 1. The summed E-state index contributed by atoms with van der Waals surface area (Å²) in [5.74, 6) is 0.153. The van der Waals surface area contributed by atoms with Crippen molar-refractivity contribution in [2.24, 2.45) is 5.73 Å². The predicted octanol–water partition coefficient (Wildman–Crippen LogP) is -0.434. The Kier molecular flexibility index (Phi) is 1.24. The Bertz CT molecular complexity index is 142. The van der Waals surface area contributed by atoms with Crippen molar-refractivity contribution < 1.29 is 4.79 Å². The number of likely N-dealkylation sites (N-methyl/N-ethyl adjacent to an activating group) is 1. The molecule has 0 aliphatic carbocycles. The number of nitrogens with two attached hydrogens (primary N) is 1.